The van der Waals surface area contributed by atoms with Gasteiger partial charge in [0, 0.05) is 18.5 Å². The summed E-state index contributed by atoms with van der Waals surface area (Å²) in [7, 11) is 3.23. The molecule has 3 aromatic carbocycles. The number of ether oxygens (including phenoxy) is 4. The van der Waals surface area contributed by atoms with Gasteiger partial charge in [-0.15, -0.1) is 11.6 Å². The van der Waals surface area contributed by atoms with E-state index in [1.54, 1.807) is 20.3 Å². The molecule has 0 aliphatic heterocycles. The number of hydrogen-bond donors (Lipinski definition) is 0. The van der Waals surface area contributed by atoms with Crippen LogP contribution in [0.1, 0.15) is 17.5 Å². The molecule has 4 aromatic rings. The van der Waals surface area contributed by atoms with E-state index in [9.17, 15) is 4.79 Å². The van der Waals surface area contributed by atoms with Crippen molar-refractivity contribution in [3.05, 3.63) is 87.4 Å². The Kier molecular flexibility index (Phi) is 8.57. The van der Waals surface area contributed by atoms with Gasteiger partial charge >= 0.3 is 0 Å². The van der Waals surface area contributed by atoms with Gasteiger partial charge in [0.2, 0.25) is 0 Å². The molecule has 0 radical (unpaired) electrons. The molecule has 0 aliphatic carbocycles. The highest BCUT2D eigenvalue weighted by molar-refractivity contribution is 6.37. The number of halogens is 2. The first-order valence-electron chi connectivity index (χ1n) is 11.3. The zero-order valence-electron chi connectivity index (χ0n) is 20.0. The van der Waals surface area contributed by atoms with Crippen molar-refractivity contribution in [1.82, 2.24) is 9.55 Å². The summed E-state index contributed by atoms with van der Waals surface area (Å²) in [4.78, 5) is 17.6. The van der Waals surface area contributed by atoms with Crippen molar-refractivity contribution in [2.24, 2.45) is 0 Å². The van der Waals surface area contributed by atoms with Gasteiger partial charge in [0.05, 0.1) is 31.4 Å². The van der Waals surface area contributed by atoms with E-state index in [0.29, 0.717) is 30.1 Å². The average molecular weight is 529 g/mol. The summed E-state index contributed by atoms with van der Waals surface area (Å²) in [6.45, 7) is 0.922. The van der Waals surface area contributed by atoms with E-state index in [-0.39, 0.29) is 34.9 Å². The van der Waals surface area contributed by atoms with Crippen molar-refractivity contribution in [3.63, 3.8) is 0 Å². The second-order valence-corrected chi connectivity index (χ2v) is 8.73. The third-order valence-electron chi connectivity index (χ3n) is 5.61. The minimum atomic E-state index is -0.258. The molecule has 0 N–H and O–H groups in total. The predicted molar refractivity (Wildman–Crippen MR) is 141 cm³/mol. The topological polar surface area (TPSA) is 71.8 Å². The number of hydrogen-bond acceptors (Lipinski definition) is 6. The molecule has 0 unspecified atom stereocenters. The molecule has 1 heterocycles. The maximum atomic E-state index is 13.2. The summed E-state index contributed by atoms with van der Waals surface area (Å²) in [6.07, 6.45) is 2.13. The van der Waals surface area contributed by atoms with Gasteiger partial charge in [0.1, 0.15) is 29.7 Å². The highest BCUT2D eigenvalue weighted by atomic mass is 35.5. The molecule has 36 heavy (non-hydrogen) atoms. The fourth-order valence-corrected chi connectivity index (χ4v) is 4.07. The molecule has 9 heteroatoms. The quantitative estimate of drug-likeness (QED) is 0.227. The van der Waals surface area contributed by atoms with Crippen LogP contribution in [0, 0.1) is 0 Å². The van der Waals surface area contributed by atoms with Crippen LogP contribution in [0.2, 0.25) is 5.02 Å². The van der Waals surface area contributed by atoms with Crippen LogP contribution >= 0.6 is 23.2 Å². The van der Waals surface area contributed by atoms with Crippen LogP contribution in [0.4, 0.5) is 0 Å². The summed E-state index contributed by atoms with van der Waals surface area (Å²) in [5.41, 5.74) is 2.00. The number of methoxy groups -OCH3 is 2. The Morgan fingerprint density at radius 1 is 0.889 bits per heavy atom. The van der Waals surface area contributed by atoms with Gasteiger partial charge in [-0.2, -0.15) is 0 Å². The largest absolute Gasteiger partial charge is 0.497 e. The molecular weight excluding hydrogens is 503 g/mol. The summed E-state index contributed by atoms with van der Waals surface area (Å²) in [5, 5.41) is 0.429. The molecule has 0 fully saturated rings. The number of aromatic nitrogens is 2. The van der Waals surface area contributed by atoms with E-state index in [1.165, 1.54) is 10.9 Å². The van der Waals surface area contributed by atoms with Gasteiger partial charge in [-0.1, -0.05) is 35.9 Å². The summed E-state index contributed by atoms with van der Waals surface area (Å²) < 4.78 is 24.2. The standard InChI is InChI=1S/C27H26Cl2N2O5/c1-33-20-8-4-18(5-9-20)15-35-23-14-22-24(27(32)31(17-30-22)13-3-12-28)25(29)26(23)36-16-19-6-10-21(34-2)11-7-19/h4-11,14,17H,3,12-13,15-16H2,1-2H3. The lowest BCUT2D eigenvalue weighted by Crippen LogP contribution is -2.21. The van der Waals surface area contributed by atoms with Gasteiger partial charge in [-0.25, -0.2) is 4.98 Å². The van der Waals surface area contributed by atoms with Gasteiger partial charge in [-0.3, -0.25) is 9.36 Å². The minimum Gasteiger partial charge on any atom is -0.497 e. The van der Waals surface area contributed by atoms with Crippen LogP contribution in [-0.2, 0) is 19.8 Å². The van der Waals surface area contributed by atoms with Crippen LogP contribution in [-0.4, -0.2) is 29.7 Å². The Balaban J connectivity index is 1.69. The lowest BCUT2D eigenvalue weighted by atomic mass is 10.2. The van der Waals surface area contributed by atoms with Crippen LogP contribution in [0.25, 0.3) is 10.9 Å². The van der Waals surface area contributed by atoms with Gasteiger partial charge < -0.3 is 18.9 Å². The van der Waals surface area contributed by atoms with E-state index < -0.39 is 0 Å². The molecule has 1 aromatic heterocycles. The highest BCUT2D eigenvalue weighted by Crippen LogP contribution is 2.40. The van der Waals surface area contributed by atoms with Crippen LogP contribution < -0.4 is 24.5 Å². The van der Waals surface area contributed by atoms with Crippen LogP contribution in [0.15, 0.2) is 65.7 Å². The van der Waals surface area contributed by atoms with Crippen molar-refractivity contribution in [3.8, 4) is 23.0 Å². The molecule has 0 spiro atoms. The van der Waals surface area contributed by atoms with Crippen molar-refractivity contribution < 1.29 is 18.9 Å². The van der Waals surface area contributed by atoms with Crippen molar-refractivity contribution in [2.75, 3.05) is 20.1 Å². The minimum absolute atomic E-state index is 0.156. The zero-order valence-corrected chi connectivity index (χ0v) is 21.5. The maximum absolute atomic E-state index is 13.2. The third-order valence-corrected chi connectivity index (χ3v) is 6.23. The van der Waals surface area contributed by atoms with Crippen LogP contribution in [0.5, 0.6) is 23.0 Å². The number of alkyl halides is 1. The Bertz CT molecular complexity index is 1370. The first kappa shape index (κ1) is 25.7. The van der Waals surface area contributed by atoms with E-state index in [2.05, 4.69) is 4.98 Å². The lowest BCUT2D eigenvalue weighted by Gasteiger charge is -2.17. The molecule has 0 saturated heterocycles. The second kappa shape index (κ2) is 12.0. The molecule has 4 rings (SSSR count). The number of rotatable bonds is 11. The van der Waals surface area contributed by atoms with E-state index in [4.69, 9.17) is 42.1 Å². The summed E-state index contributed by atoms with van der Waals surface area (Å²) in [6, 6.07) is 16.7. The highest BCUT2D eigenvalue weighted by Gasteiger charge is 2.20. The Morgan fingerprint density at radius 2 is 1.47 bits per heavy atom. The second-order valence-electron chi connectivity index (χ2n) is 7.97. The monoisotopic (exact) mass is 528 g/mol. The first-order chi connectivity index (χ1) is 17.5. The maximum Gasteiger partial charge on any atom is 0.262 e. The molecule has 188 valence electrons. The number of benzene rings is 3. The van der Waals surface area contributed by atoms with Crippen LogP contribution in [0.3, 0.4) is 0 Å². The number of fused-ring (bicyclic) bond motifs is 1. The SMILES string of the molecule is COc1ccc(COc2cc3ncn(CCCCl)c(=O)c3c(Cl)c2OCc2ccc(OC)cc2)cc1. The Hall–Kier alpha value is -3.42. The summed E-state index contributed by atoms with van der Waals surface area (Å²) in [5.74, 6) is 2.61. The van der Waals surface area contributed by atoms with Gasteiger partial charge in [0.25, 0.3) is 5.56 Å². The predicted octanol–water partition coefficient (Wildman–Crippen LogP) is 5.85. The molecule has 0 aliphatic rings. The smallest absolute Gasteiger partial charge is 0.262 e. The first-order valence-corrected chi connectivity index (χ1v) is 12.2. The Morgan fingerprint density at radius 3 is 2.03 bits per heavy atom. The normalized spacial score (nSPS) is 10.9. The zero-order chi connectivity index (χ0) is 25.5. The molecule has 0 atom stereocenters. The average Bonchev–Trinajstić information content (AvgIpc) is 2.91. The molecule has 0 saturated carbocycles. The lowest BCUT2D eigenvalue weighted by molar-refractivity contribution is 0.256. The fraction of sp³-hybridized carbons (Fsp3) is 0.259. The molecule has 7 nitrogen and oxygen atoms in total. The third kappa shape index (κ3) is 5.86. The number of aryl methyl sites for hydroxylation is 1. The fourth-order valence-electron chi connectivity index (χ4n) is 3.62. The van der Waals surface area contributed by atoms with Crippen molar-refractivity contribution in [1.29, 1.82) is 0 Å². The van der Waals surface area contributed by atoms with Crippen molar-refractivity contribution in [2.45, 2.75) is 26.2 Å². The molecule has 0 amide bonds. The van der Waals surface area contributed by atoms with Gasteiger partial charge in [0.15, 0.2) is 11.5 Å². The van der Waals surface area contributed by atoms with Gasteiger partial charge in [-0.05, 0) is 41.8 Å². The molecular formula is C27H26Cl2N2O5. The molecule has 0 bridgehead atoms. The summed E-state index contributed by atoms with van der Waals surface area (Å²) >= 11 is 12.6. The van der Waals surface area contributed by atoms with E-state index >= 15 is 0 Å². The Labute approximate surface area is 219 Å². The van der Waals surface area contributed by atoms with E-state index in [0.717, 1.165) is 22.6 Å². The number of nitrogens with zero attached hydrogens (tertiary/aromatic N) is 2. The van der Waals surface area contributed by atoms with E-state index in [1.807, 2.05) is 48.5 Å². The van der Waals surface area contributed by atoms with Crippen molar-refractivity contribution >= 4 is 34.1 Å².